The number of benzene rings is 2. The lowest BCUT2D eigenvalue weighted by atomic mass is 9.76. The van der Waals surface area contributed by atoms with Gasteiger partial charge in [0.2, 0.25) is 11.8 Å². The topological polar surface area (TPSA) is 60.9 Å². The number of hydrogen-bond donors (Lipinski definition) is 0. The number of amides is 3. The first-order valence-electron chi connectivity index (χ1n) is 11.3. The average molecular weight is 428 g/mol. The Balaban J connectivity index is 1.58. The van der Waals surface area contributed by atoms with Gasteiger partial charge in [0.25, 0.3) is 5.91 Å². The average Bonchev–Trinajstić information content (AvgIpc) is 3.37. The molecule has 3 amide bonds. The van der Waals surface area contributed by atoms with Crippen molar-refractivity contribution >= 4 is 29.1 Å². The summed E-state index contributed by atoms with van der Waals surface area (Å²) in [6.45, 7) is 4.92. The van der Waals surface area contributed by atoms with Crippen molar-refractivity contribution in [3.05, 3.63) is 72.8 Å². The largest absolute Gasteiger partial charge is 0.306 e. The van der Waals surface area contributed by atoms with Gasteiger partial charge in [0, 0.05) is 23.8 Å². The summed E-state index contributed by atoms with van der Waals surface area (Å²) in [6, 6.07) is 16.7. The Hall–Kier alpha value is -3.25. The van der Waals surface area contributed by atoms with E-state index in [0.717, 1.165) is 30.5 Å². The van der Waals surface area contributed by atoms with Crippen molar-refractivity contribution in [3.63, 3.8) is 0 Å². The number of rotatable bonds is 3. The highest BCUT2D eigenvalue weighted by atomic mass is 16.2. The van der Waals surface area contributed by atoms with Crippen molar-refractivity contribution in [1.29, 1.82) is 0 Å². The standard InChI is InChI=1S/C26H25N3O3/c1-2-15-27-19-13-7-6-12-18(19)26(25(27)32)22-21(20-14-8-9-16-28(20)26)23(30)29(24(22)31)17-10-4-3-5-11-17/h2-7,10-13,20-22H,1,8-9,14-16H2/t20-,21-,22+,26-/m1/s1. The van der Waals surface area contributed by atoms with Crippen LogP contribution in [0.4, 0.5) is 11.4 Å². The zero-order valence-corrected chi connectivity index (χ0v) is 17.8. The number of para-hydroxylation sites is 2. The maximum absolute atomic E-state index is 14.2. The second-order valence-electron chi connectivity index (χ2n) is 9.10. The van der Waals surface area contributed by atoms with Crippen LogP contribution in [0.2, 0.25) is 0 Å². The highest BCUT2D eigenvalue weighted by Crippen LogP contribution is 2.61. The van der Waals surface area contributed by atoms with Gasteiger partial charge in [0.15, 0.2) is 0 Å². The van der Waals surface area contributed by atoms with E-state index in [0.29, 0.717) is 18.8 Å². The molecule has 4 atom stereocenters. The summed E-state index contributed by atoms with van der Waals surface area (Å²) in [4.78, 5) is 47.3. The first-order chi connectivity index (χ1) is 15.6. The first kappa shape index (κ1) is 19.4. The van der Waals surface area contributed by atoms with Crippen molar-refractivity contribution in [1.82, 2.24) is 4.90 Å². The molecule has 2 aromatic carbocycles. The van der Waals surface area contributed by atoms with Crippen LogP contribution in [0.1, 0.15) is 24.8 Å². The Labute approximate surface area is 187 Å². The van der Waals surface area contributed by atoms with Crippen LogP contribution in [-0.2, 0) is 19.9 Å². The van der Waals surface area contributed by atoms with Crippen LogP contribution in [0.15, 0.2) is 67.3 Å². The minimum absolute atomic E-state index is 0.103. The molecule has 3 fully saturated rings. The van der Waals surface area contributed by atoms with Gasteiger partial charge >= 0.3 is 0 Å². The maximum atomic E-state index is 14.2. The normalized spacial score (nSPS) is 31.2. The molecule has 0 bridgehead atoms. The molecular weight excluding hydrogens is 402 g/mol. The Morgan fingerprint density at radius 2 is 1.72 bits per heavy atom. The number of nitrogens with zero attached hydrogens (tertiary/aromatic N) is 3. The highest BCUT2D eigenvalue weighted by Gasteiger charge is 2.75. The minimum Gasteiger partial charge on any atom is -0.306 e. The first-order valence-corrected chi connectivity index (χ1v) is 11.3. The molecule has 6 rings (SSSR count). The van der Waals surface area contributed by atoms with E-state index >= 15 is 0 Å². The third-order valence-corrected chi connectivity index (χ3v) is 7.72. The van der Waals surface area contributed by atoms with Gasteiger partial charge in [-0.1, -0.05) is 48.9 Å². The summed E-state index contributed by atoms with van der Waals surface area (Å²) in [5, 5.41) is 0. The molecular formula is C26H25N3O3. The molecule has 4 aliphatic rings. The Morgan fingerprint density at radius 1 is 0.969 bits per heavy atom. The second kappa shape index (κ2) is 6.87. The van der Waals surface area contributed by atoms with E-state index in [2.05, 4.69) is 11.5 Å². The molecule has 4 aliphatic heterocycles. The van der Waals surface area contributed by atoms with Gasteiger partial charge in [-0.05, 0) is 37.6 Å². The van der Waals surface area contributed by atoms with Crippen molar-refractivity contribution in [2.75, 3.05) is 22.9 Å². The lowest BCUT2D eigenvalue weighted by molar-refractivity contribution is -0.138. The molecule has 0 saturated carbocycles. The molecule has 3 saturated heterocycles. The minimum atomic E-state index is -1.13. The number of imide groups is 1. The number of carbonyl (C=O) groups is 3. The van der Waals surface area contributed by atoms with Gasteiger partial charge in [0.1, 0.15) is 5.54 Å². The van der Waals surface area contributed by atoms with Gasteiger partial charge in [-0.3, -0.25) is 19.3 Å². The molecule has 6 heteroatoms. The molecule has 0 unspecified atom stereocenters. The van der Waals surface area contributed by atoms with E-state index < -0.39 is 17.4 Å². The molecule has 2 aromatic rings. The molecule has 1 spiro atoms. The van der Waals surface area contributed by atoms with Gasteiger partial charge in [0.05, 0.1) is 17.5 Å². The Bertz CT molecular complexity index is 1150. The van der Waals surface area contributed by atoms with Crippen LogP contribution in [0.3, 0.4) is 0 Å². The van der Waals surface area contributed by atoms with Gasteiger partial charge < -0.3 is 4.90 Å². The third-order valence-electron chi connectivity index (χ3n) is 7.72. The molecule has 6 nitrogen and oxygen atoms in total. The number of anilines is 2. The Morgan fingerprint density at radius 3 is 2.50 bits per heavy atom. The smallest absolute Gasteiger partial charge is 0.253 e. The van der Waals surface area contributed by atoms with Crippen molar-refractivity contribution in [3.8, 4) is 0 Å². The van der Waals surface area contributed by atoms with Gasteiger partial charge in [-0.25, -0.2) is 4.90 Å². The molecule has 4 heterocycles. The lowest BCUT2D eigenvalue weighted by Gasteiger charge is -2.42. The van der Waals surface area contributed by atoms with Crippen molar-refractivity contribution < 1.29 is 14.4 Å². The SMILES string of the molecule is C=CCN1C(=O)[C@@]2(c3ccccc31)[C@@H]1C(=O)N(c3ccccc3)C(=O)[C@@H]1[C@H]1CCCCN12. The molecule has 0 aliphatic carbocycles. The van der Waals surface area contributed by atoms with E-state index in [1.807, 2.05) is 42.5 Å². The van der Waals surface area contributed by atoms with E-state index in [1.165, 1.54) is 4.90 Å². The summed E-state index contributed by atoms with van der Waals surface area (Å²) < 4.78 is 0. The van der Waals surface area contributed by atoms with Crippen molar-refractivity contribution in [2.45, 2.75) is 30.8 Å². The molecule has 0 radical (unpaired) electrons. The zero-order chi connectivity index (χ0) is 22.0. The van der Waals surface area contributed by atoms with Crippen LogP contribution in [-0.4, -0.2) is 41.8 Å². The third kappa shape index (κ3) is 2.20. The molecule has 162 valence electrons. The predicted molar refractivity (Wildman–Crippen MR) is 121 cm³/mol. The predicted octanol–water partition coefficient (Wildman–Crippen LogP) is 3.09. The number of piperidine rings is 1. The van der Waals surface area contributed by atoms with Crippen molar-refractivity contribution in [2.24, 2.45) is 11.8 Å². The molecule has 0 aromatic heterocycles. The van der Waals surface area contributed by atoms with Crippen LogP contribution in [0.25, 0.3) is 0 Å². The fraction of sp³-hybridized carbons (Fsp3) is 0.346. The van der Waals surface area contributed by atoms with E-state index in [4.69, 9.17) is 0 Å². The number of fused-ring (bicyclic) bond motifs is 7. The summed E-state index contributed by atoms with van der Waals surface area (Å²) in [5.74, 6) is -1.77. The van der Waals surface area contributed by atoms with Crippen LogP contribution >= 0.6 is 0 Å². The second-order valence-corrected chi connectivity index (χ2v) is 9.10. The van der Waals surface area contributed by atoms with Gasteiger partial charge in [-0.2, -0.15) is 0 Å². The quantitative estimate of drug-likeness (QED) is 0.558. The number of carbonyl (C=O) groups excluding carboxylic acids is 3. The lowest BCUT2D eigenvalue weighted by Crippen LogP contribution is -2.58. The zero-order valence-electron chi connectivity index (χ0n) is 17.8. The fourth-order valence-corrected chi connectivity index (χ4v) is 6.65. The summed E-state index contributed by atoms with van der Waals surface area (Å²) in [6.07, 6.45) is 4.49. The maximum Gasteiger partial charge on any atom is 0.253 e. The Kier molecular flexibility index (Phi) is 4.17. The monoisotopic (exact) mass is 427 g/mol. The van der Waals surface area contributed by atoms with Crippen LogP contribution in [0, 0.1) is 11.8 Å². The summed E-state index contributed by atoms with van der Waals surface area (Å²) >= 11 is 0. The molecule has 0 N–H and O–H groups in total. The fourth-order valence-electron chi connectivity index (χ4n) is 6.65. The summed E-state index contributed by atoms with van der Waals surface area (Å²) in [7, 11) is 0. The van der Waals surface area contributed by atoms with E-state index in [-0.39, 0.29) is 23.8 Å². The number of hydrogen-bond acceptors (Lipinski definition) is 4. The van der Waals surface area contributed by atoms with E-state index in [9.17, 15) is 14.4 Å². The van der Waals surface area contributed by atoms with Crippen LogP contribution in [0.5, 0.6) is 0 Å². The van der Waals surface area contributed by atoms with Crippen LogP contribution < -0.4 is 9.80 Å². The summed E-state index contributed by atoms with van der Waals surface area (Å²) in [5.41, 5.74) is 1.12. The highest BCUT2D eigenvalue weighted by molar-refractivity contribution is 6.26. The van der Waals surface area contributed by atoms with Gasteiger partial charge in [-0.15, -0.1) is 6.58 Å². The molecule has 32 heavy (non-hydrogen) atoms. The van der Waals surface area contributed by atoms with E-state index in [1.54, 1.807) is 23.1 Å².